The minimum atomic E-state index is -0.317. The van der Waals surface area contributed by atoms with E-state index < -0.39 is 0 Å². The van der Waals surface area contributed by atoms with E-state index in [1.807, 2.05) is 11.8 Å². The number of pyridine rings is 1. The molecular formula is C15H22N4O2. The third-order valence-corrected chi connectivity index (χ3v) is 3.64. The molecule has 1 aromatic heterocycles. The number of nitrogens with zero attached hydrogens (tertiary/aromatic N) is 2. The number of anilines is 1. The zero-order chi connectivity index (χ0) is 15.2. The van der Waals surface area contributed by atoms with Gasteiger partial charge < -0.3 is 15.5 Å². The van der Waals surface area contributed by atoms with Gasteiger partial charge in [0.15, 0.2) is 0 Å². The molecule has 1 unspecified atom stereocenters. The fourth-order valence-corrected chi connectivity index (χ4v) is 2.47. The lowest BCUT2D eigenvalue weighted by molar-refractivity contribution is -0.132. The van der Waals surface area contributed by atoms with Crippen molar-refractivity contribution < 1.29 is 9.59 Å². The van der Waals surface area contributed by atoms with Gasteiger partial charge in [-0.25, -0.2) is 0 Å². The van der Waals surface area contributed by atoms with Gasteiger partial charge in [0, 0.05) is 32.0 Å². The van der Waals surface area contributed by atoms with Gasteiger partial charge in [0.25, 0.3) is 5.91 Å². The molecule has 6 heteroatoms. The Morgan fingerprint density at radius 3 is 2.67 bits per heavy atom. The fourth-order valence-electron chi connectivity index (χ4n) is 2.47. The van der Waals surface area contributed by atoms with Crippen molar-refractivity contribution in [3.05, 3.63) is 24.0 Å². The van der Waals surface area contributed by atoms with E-state index in [0.717, 1.165) is 31.6 Å². The molecule has 6 nitrogen and oxygen atoms in total. The molecule has 0 aromatic carbocycles. The smallest absolute Gasteiger partial charge is 0.269 e. The van der Waals surface area contributed by atoms with Gasteiger partial charge in [0.05, 0.1) is 0 Å². The summed E-state index contributed by atoms with van der Waals surface area (Å²) in [5.41, 5.74) is 1.06. The highest BCUT2D eigenvalue weighted by Gasteiger charge is 2.22. The van der Waals surface area contributed by atoms with Gasteiger partial charge in [-0.15, -0.1) is 0 Å². The Kier molecular flexibility index (Phi) is 5.14. The first-order valence-electron chi connectivity index (χ1n) is 7.35. The van der Waals surface area contributed by atoms with Gasteiger partial charge in [0.1, 0.15) is 11.7 Å². The minimum Gasteiger partial charge on any atom is -0.374 e. The van der Waals surface area contributed by atoms with Gasteiger partial charge in [-0.05, 0) is 38.3 Å². The molecule has 1 aromatic rings. The van der Waals surface area contributed by atoms with Gasteiger partial charge in [-0.1, -0.05) is 0 Å². The van der Waals surface area contributed by atoms with Crippen LogP contribution in [-0.4, -0.2) is 47.9 Å². The molecule has 0 spiro atoms. The van der Waals surface area contributed by atoms with E-state index in [2.05, 4.69) is 15.6 Å². The van der Waals surface area contributed by atoms with Crippen LogP contribution in [-0.2, 0) is 4.79 Å². The molecule has 1 aliphatic heterocycles. The molecule has 0 bridgehead atoms. The number of hydrogen-bond donors (Lipinski definition) is 2. The van der Waals surface area contributed by atoms with Crippen molar-refractivity contribution in [1.82, 2.24) is 15.2 Å². The van der Waals surface area contributed by atoms with E-state index in [1.165, 1.54) is 6.42 Å². The summed E-state index contributed by atoms with van der Waals surface area (Å²) in [4.78, 5) is 29.8. The van der Waals surface area contributed by atoms with Crippen LogP contribution in [0.5, 0.6) is 0 Å². The zero-order valence-electron chi connectivity index (χ0n) is 12.6. The third kappa shape index (κ3) is 3.93. The molecule has 0 aliphatic carbocycles. The number of piperidine rings is 1. The third-order valence-electron chi connectivity index (χ3n) is 3.64. The van der Waals surface area contributed by atoms with Crippen LogP contribution in [0.2, 0.25) is 0 Å². The molecule has 2 rings (SSSR count). The van der Waals surface area contributed by atoms with Crippen molar-refractivity contribution in [2.24, 2.45) is 0 Å². The lowest BCUT2D eigenvalue weighted by Crippen LogP contribution is -2.43. The summed E-state index contributed by atoms with van der Waals surface area (Å²) in [5.74, 6) is -0.137. The summed E-state index contributed by atoms with van der Waals surface area (Å²) in [6.45, 7) is 3.52. The molecule has 21 heavy (non-hydrogen) atoms. The first-order valence-corrected chi connectivity index (χ1v) is 7.35. The Balaban J connectivity index is 2.00. The lowest BCUT2D eigenvalue weighted by atomic mass is 10.1. The molecule has 1 atom stereocenters. The van der Waals surface area contributed by atoms with Crippen molar-refractivity contribution in [2.45, 2.75) is 32.2 Å². The average Bonchev–Trinajstić information content (AvgIpc) is 2.54. The van der Waals surface area contributed by atoms with E-state index in [1.54, 1.807) is 25.4 Å². The molecule has 2 N–H and O–H groups in total. The number of carbonyl (C=O) groups excluding carboxylic acids is 2. The van der Waals surface area contributed by atoms with Crippen LogP contribution in [0.3, 0.4) is 0 Å². The second-order valence-electron chi connectivity index (χ2n) is 5.26. The monoisotopic (exact) mass is 290 g/mol. The SMILES string of the molecule is CNC(=O)c1cc(NC(C)C(=O)N2CCCCC2)ccn1. The van der Waals surface area contributed by atoms with Crippen molar-refractivity contribution >= 4 is 17.5 Å². The van der Waals surface area contributed by atoms with Crippen molar-refractivity contribution in [1.29, 1.82) is 0 Å². The Hall–Kier alpha value is -2.11. The van der Waals surface area contributed by atoms with E-state index in [0.29, 0.717) is 5.69 Å². The largest absolute Gasteiger partial charge is 0.374 e. The lowest BCUT2D eigenvalue weighted by Gasteiger charge is -2.29. The number of amides is 2. The maximum absolute atomic E-state index is 12.3. The summed E-state index contributed by atoms with van der Waals surface area (Å²) >= 11 is 0. The maximum Gasteiger partial charge on any atom is 0.269 e. The molecule has 2 heterocycles. The molecule has 0 saturated carbocycles. The van der Waals surface area contributed by atoms with Crippen LogP contribution >= 0.6 is 0 Å². The molecule has 114 valence electrons. The minimum absolute atomic E-state index is 0.105. The fraction of sp³-hybridized carbons (Fsp3) is 0.533. The van der Waals surface area contributed by atoms with Crippen LogP contribution in [0, 0.1) is 0 Å². The molecule has 1 saturated heterocycles. The topological polar surface area (TPSA) is 74.3 Å². The summed E-state index contributed by atoms with van der Waals surface area (Å²) in [5, 5.41) is 5.68. The Bertz CT molecular complexity index is 512. The molecule has 1 fully saturated rings. The summed E-state index contributed by atoms with van der Waals surface area (Å²) in [6, 6.07) is 3.09. The van der Waals surface area contributed by atoms with Crippen molar-refractivity contribution in [3.8, 4) is 0 Å². The number of aromatic nitrogens is 1. The number of nitrogens with one attached hydrogen (secondary N) is 2. The van der Waals surface area contributed by atoms with Crippen LogP contribution in [0.1, 0.15) is 36.7 Å². The van der Waals surface area contributed by atoms with Gasteiger partial charge >= 0.3 is 0 Å². The second-order valence-corrected chi connectivity index (χ2v) is 5.26. The summed E-state index contributed by atoms with van der Waals surface area (Å²) in [6.07, 6.45) is 4.92. The highest BCUT2D eigenvalue weighted by Crippen LogP contribution is 2.14. The van der Waals surface area contributed by atoms with E-state index in [-0.39, 0.29) is 17.9 Å². The summed E-state index contributed by atoms with van der Waals surface area (Å²) in [7, 11) is 1.56. The van der Waals surface area contributed by atoms with Gasteiger partial charge in [-0.2, -0.15) is 0 Å². The van der Waals surface area contributed by atoms with Gasteiger partial charge in [-0.3, -0.25) is 14.6 Å². The first kappa shape index (κ1) is 15.3. The highest BCUT2D eigenvalue weighted by atomic mass is 16.2. The Morgan fingerprint density at radius 2 is 2.00 bits per heavy atom. The Labute approximate surface area is 124 Å². The maximum atomic E-state index is 12.3. The standard InChI is InChI=1S/C15H22N4O2/c1-11(15(21)19-8-4-3-5-9-19)18-12-6-7-17-13(10-12)14(20)16-2/h6-7,10-11H,3-5,8-9H2,1-2H3,(H,16,20)(H,17,18). The van der Waals surface area contributed by atoms with Crippen molar-refractivity contribution in [3.63, 3.8) is 0 Å². The predicted molar refractivity (Wildman–Crippen MR) is 81.1 cm³/mol. The van der Waals surface area contributed by atoms with Crippen LogP contribution in [0.4, 0.5) is 5.69 Å². The number of carbonyl (C=O) groups is 2. The molecule has 0 radical (unpaired) electrons. The zero-order valence-corrected chi connectivity index (χ0v) is 12.6. The van der Waals surface area contributed by atoms with E-state index in [4.69, 9.17) is 0 Å². The predicted octanol–water partition coefficient (Wildman–Crippen LogP) is 1.25. The first-order chi connectivity index (χ1) is 10.1. The Morgan fingerprint density at radius 1 is 1.29 bits per heavy atom. The second kappa shape index (κ2) is 7.06. The van der Waals surface area contributed by atoms with Crippen LogP contribution in [0.15, 0.2) is 18.3 Å². The number of rotatable bonds is 4. The quantitative estimate of drug-likeness (QED) is 0.875. The average molecular weight is 290 g/mol. The van der Waals surface area contributed by atoms with Crippen LogP contribution < -0.4 is 10.6 Å². The molecule has 2 amide bonds. The number of likely N-dealkylation sites (tertiary alicyclic amines) is 1. The van der Waals surface area contributed by atoms with E-state index in [9.17, 15) is 9.59 Å². The van der Waals surface area contributed by atoms with Crippen molar-refractivity contribution in [2.75, 3.05) is 25.5 Å². The van der Waals surface area contributed by atoms with Gasteiger partial charge in [0.2, 0.25) is 5.91 Å². The highest BCUT2D eigenvalue weighted by molar-refractivity contribution is 5.93. The normalized spacial score (nSPS) is 16.2. The molecular weight excluding hydrogens is 268 g/mol. The molecule has 1 aliphatic rings. The summed E-state index contributed by atoms with van der Waals surface area (Å²) < 4.78 is 0. The van der Waals surface area contributed by atoms with E-state index >= 15 is 0 Å². The van der Waals surface area contributed by atoms with Crippen LogP contribution in [0.25, 0.3) is 0 Å². The number of hydrogen-bond acceptors (Lipinski definition) is 4.